The average molecular weight is 267 g/mol. The van der Waals surface area contributed by atoms with E-state index in [4.69, 9.17) is 0 Å². The smallest absolute Gasteiger partial charge is 0.0235 e. The second-order valence-corrected chi connectivity index (χ2v) is 6.72. The standard InChI is InChI=1S/C16H33N3/c1-4-10-19(12-15-5-8-17-9-6-15)16-7-11-18(13-16)14(2)3/h14-17H,4-13H2,1-3H3. The van der Waals surface area contributed by atoms with Crippen molar-refractivity contribution in [2.24, 2.45) is 5.92 Å². The monoisotopic (exact) mass is 267 g/mol. The lowest BCUT2D eigenvalue weighted by molar-refractivity contribution is 0.146. The summed E-state index contributed by atoms with van der Waals surface area (Å²) in [6.45, 7) is 14.7. The average Bonchev–Trinajstić information content (AvgIpc) is 2.89. The first-order chi connectivity index (χ1) is 9.20. The molecule has 2 aliphatic rings. The highest BCUT2D eigenvalue weighted by Crippen LogP contribution is 2.21. The van der Waals surface area contributed by atoms with Crippen molar-refractivity contribution in [2.75, 3.05) is 39.3 Å². The number of rotatable bonds is 6. The van der Waals surface area contributed by atoms with E-state index < -0.39 is 0 Å². The molecule has 2 aliphatic heterocycles. The summed E-state index contributed by atoms with van der Waals surface area (Å²) >= 11 is 0. The third kappa shape index (κ3) is 4.44. The van der Waals surface area contributed by atoms with Crippen molar-refractivity contribution in [3.8, 4) is 0 Å². The molecule has 19 heavy (non-hydrogen) atoms. The Hall–Kier alpha value is -0.120. The van der Waals surface area contributed by atoms with E-state index in [1.54, 1.807) is 0 Å². The van der Waals surface area contributed by atoms with Gasteiger partial charge in [-0.1, -0.05) is 6.92 Å². The predicted octanol–water partition coefficient (Wildman–Crippen LogP) is 2.18. The number of likely N-dealkylation sites (tertiary alicyclic amines) is 1. The van der Waals surface area contributed by atoms with Gasteiger partial charge in [-0.25, -0.2) is 0 Å². The minimum Gasteiger partial charge on any atom is -0.317 e. The van der Waals surface area contributed by atoms with Gasteiger partial charge < -0.3 is 5.32 Å². The van der Waals surface area contributed by atoms with Crippen molar-refractivity contribution in [3.63, 3.8) is 0 Å². The van der Waals surface area contributed by atoms with Gasteiger partial charge in [-0.05, 0) is 65.1 Å². The molecule has 0 aliphatic carbocycles. The van der Waals surface area contributed by atoms with E-state index in [1.807, 2.05) is 0 Å². The van der Waals surface area contributed by atoms with Crippen LogP contribution in [0, 0.1) is 5.92 Å². The maximum absolute atomic E-state index is 3.48. The lowest BCUT2D eigenvalue weighted by Crippen LogP contribution is -2.43. The molecule has 112 valence electrons. The Morgan fingerprint density at radius 2 is 1.95 bits per heavy atom. The Morgan fingerprint density at radius 3 is 2.53 bits per heavy atom. The summed E-state index contributed by atoms with van der Waals surface area (Å²) in [4.78, 5) is 5.45. The zero-order valence-electron chi connectivity index (χ0n) is 13.2. The Labute approximate surface area is 119 Å². The minimum absolute atomic E-state index is 0.715. The topological polar surface area (TPSA) is 18.5 Å². The molecule has 1 unspecified atom stereocenters. The van der Waals surface area contributed by atoms with Crippen LogP contribution in [-0.4, -0.2) is 61.2 Å². The van der Waals surface area contributed by atoms with Crippen LogP contribution < -0.4 is 5.32 Å². The summed E-state index contributed by atoms with van der Waals surface area (Å²) in [5, 5.41) is 3.48. The van der Waals surface area contributed by atoms with Gasteiger partial charge in [0.2, 0.25) is 0 Å². The molecule has 2 heterocycles. The summed E-state index contributed by atoms with van der Waals surface area (Å²) in [6.07, 6.45) is 5.42. The first-order valence-electron chi connectivity index (χ1n) is 8.39. The van der Waals surface area contributed by atoms with Crippen LogP contribution in [0.2, 0.25) is 0 Å². The maximum Gasteiger partial charge on any atom is 0.0235 e. The van der Waals surface area contributed by atoms with Gasteiger partial charge in [0.05, 0.1) is 0 Å². The van der Waals surface area contributed by atoms with Crippen LogP contribution in [0.1, 0.15) is 46.5 Å². The predicted molar refractivity (Wildman–Crippen MR) is 82.6 cm³/mol. The Balaban J connectivity index is 1.84. The number of nitrogens with zero attached hydrogens (tertiary/aromatic N) is 2. The van der Waals surface area contributed by atoms with Gasteiger partial charge >= 0.3 is 0 Å². The normalized spacial score (nSPS) is 26.7. The van der Waals surface area contributed by atoms with Gasteiger partial charge in [0.25, 0.3) is 0 Å². The van der Waals surface area contributed by atoms with E-state index in [0.717, 1.165) is 12.0 Å². The molecule has 3 heteroatoms. The second kappa shape index (κ2) is 7.61. The molecule has 0 radical (unpaired) electrons. The van der Waals surface area contributed by atoms with Gasteiger partial charge in [0.1, 0.15) is 0 Å². The summed E-state index contributed by atoms with van der Waals surface area (Å²) in [7, 11) is 0. The third-order valence-corrected chi connectivity index (χ3v) is 4.90. The number of piperidine rings is 1. The minimum atomic E-state index is 0.715. The van der Waals surface area contributed by atoms with Crippen LogP contribution in [-0.2, 0) is 0 Å². The molecule has 2 rings (SSSR count). The molecule has 0 aromatic heterocycles. The van der Waals surface area contributed by atoms with E-state index in [1.165, 1.54) is 65.0 Å². The fraction of sp³-hybridized carbons (Fsp3) is 1.00. The SMILES string of the molecule is CCCN(CC1CCNCC1)C1CCN(C(C)C)C1. The molecular formula is C16H33N3. The molecule has 0 saturated carbocycles. The molecule has 1 N–H and O–H groups in total. The van der Waals surface area contributed by atoms with Gasteiger partial charge in [0, 0.05) is 31.7 Å². The van der Waals surface area contributed by atoms with Crippen molar-refractivity contribution in [1.29, 1.82) is 0 Å². The van der Waals surface area contributed by atoms with Crippen LogP contribution in [0.25, 0.3) is 0 Å². The Kier molecular flexibility index (Phi) is 6.11. The molecule has 2 fully saturated rings. The fourth-order valence-corrected chi connectivity index (χ4v) is 3.64. The van der Waals surface area contributed by atoms with E-state index in [9.17, 15) is 0 Å². The first kappa shape index (κ1) is 15.3. The maximum atomic E-state index is 3.48. The largest absolute Gasteiger partial charge is 0.317 e. The van der Waals surface area contributed by atoms with E-state index >= 15 is 0 Å². The highest BCUT2D eigenvalue weighted by Gasteiger charge is 2.29. The van der Waals surface area contributed by atoms with Crippen LogP contribution in [0.15, 0.2) is 0 Å². The summed E-state index contributed by atoms with van der Waals surface area (Å²) in [5.74, 6) is 0.931. The van der Waals surface area contributed by atoms with Crippen molar-refractivity contribution >= 4 is 0 Å². The molecule has 0 aromatic rings. The number of nitrogens with one attached hydrogen (secondary N) is 1. The number of hydrogen-bond donors (Lipinski definition) is 1. The molecule has 0 bridgehead atoms. The van der Waals surface area contributed by atoms with Gasteiger partial charge in [-0.3, -0.25) is 9.80 Å². The van der Waals surface area contributed by atoms with E-state index in [2.05, 4.69) is 35.9 Å². The van der Waals surface area contributed by atoms with Crippen molar-refractivity contribution in [3.05, 3.63) is 0 Å². The second-order valence-electron chi connectivity index (χ2n) is 6.72. The van der Waals surface area contributed by atoms with Crippen LogP contribution in [0.5, 0.6) is 0 Å². The Morgan fingerprint density at radius 1 is 1.21 bits per heavy atom. The number of hydrogen-bond acceptors (Lipinski definition) is 3. The van der Waals surface area contributed by atoms with Crippen LogP contribution in [0.4, 0.5) is 0 Å². The zero-order valence-corrected chi connectivity index (χ0v) is 13.2. The van der Waals surface area contributed by atoms with Gasteiger partial charge in [-0.15, -0.1) is 0 Å². The molecule has 2 saturated heterocycles. The van der Waals surface area contributed by atoms with E-state index in [0.29, 0.717) is 6.04 Å². The quantitative estimate of drug-likeness (QED) is 0.796. The van der Waals surface area contributed by atoms with Crippen molar-refractivity contribution in [1.82, 2.24) is 15.1 Å². The van der Waals surface area contributed by atoms with Crippen LogP contribution >= 0.6 is 0 Å². The fourth-order valence-electron chi connectivity index (χ4n) is 3.64. The third-order valence-electron chi connectivity index (χ3n) is 4.90. The molecule has 1 atom stereocenters. The van der Waals surface area contributed by atoms with Crippen molar-refractivity contribution < 1.29 is 0 Å². The Bertz CT molecular complexity index is 248. The molecule has 3 nitrogen and oxygen atoms in total. The van der Waals surface area contributed by atoms with Gasteiger partial charge in [-0.2, -0.15) is 0 Å². The van der Waals surface area contributed by atoms with Crippen molar-refractivity contribution in [2.45, 2.75) is 58.5 Å². The lowest BCUT2D eigenvalue weighted by Gasteiger charge is -2.34. The first-order valence-corrected chi connectivity index (χ1v) is 8.39. The zero-order chi connectivity index (χ0) is 13.7. The summed E-state index contributed by atoms with van der Waals surface area (Å²) in [6, 6.07) is 1.53. The molecule has 0 amide bonds. The lowest BCUT2D eigenvalue weighted by atomic mass is 9.96. The van der Waals surface area contributed by atoms with E-state index in [-0.39, 0.29) is 0 Å². The highest BCUT2D eigenvalue weighted by atomic mass is 15.3. The molecule has 0 aromatic carbocycles. The van der Waals surface area contributed by atoms with Gasteiger partial charge in [0.15, 0.2) is 0 Å². The molecular weight excluding hydrogens is 234 g/mol. The molecule has 0 spiro atoms. The summed E-state index contributed by atoms with van der Waals surface area (Å²) < 4.78 is 0. The highest BCUT2D eigenvalue weighted by molar-refractivity contribution is 4.86. The summed E-state index contributed by atoms with van der Waals surface area (Å²) in [5.41, 5.74) is 0. The van der Waals surface area contributed by atoms with Crippen LogP contribution in [0.3, 0.4) is 0 Å².